The van der Waals surface area contributed by atoms with Gasteiger partial charge in [-0.3, -0.25) is 4.79 Å². The predicted octanol–water partition coefficient (Wildman–Crippen LogP) is 2.99. The van der Waals surface area contributed by atoms with E-state index in [-0.39, 0.29) is 11.7 Å². The second-order valence-corrected chi connectivity index (χ2v) is 8.08. The number of hydrogen-bond donors (Lipinski definition) is 1. The predicted molar refractivity (Wildman–Crippen MR) is 123 cm³/mol. The first-order valence-corrected chi connectivity index (χ1v) is 10.6. The third-order valence-electron chi connectivity index (χ3n) is 5.62. The normalized spacial score (nSPS) is 14.3. The molecule has 7 heteroatoms. The number of fused-ring (bicyclic) bond motifs is 1. The summed E-state index contributed by atoms with van der Waals surface area (Å²) in [5.74, 6) is 0.614. The summed E-state index contributed by atoms with van der Waals surface area (Å²) in [4.78, 5) is 23.8. The van der Waals surface area contributed by atoms with Gasteiger partial charge in [0, 0.05) is 62.1 Å². The van der Waals surface area contributed by atoms with Gasteiger partial charge in [0.25, 0.3) is 5.91 Å². The molecular weight excluding hydrogens is 393 g/mol. The molecule has 0 spiro atoms. The molecule has 0 saturated carbocycles. The van der Waals surface area contributed by atoms with Gasteiger partial charge >= 0.3 is 0 Å². The van der Waals surface area contributed by atoms with Crippen molar-refractivity contribution >= 4 is 28.2 Å². The first kappa shape index (κ1) is 21.1. The molecule has 0 radical (unpaired) electrons. The van der Waals surface area contributed by atoms with Crippen LogP contribution >= 0.6 is 0 Å². The number of rotatable bonds is 6. The standard InChI is InChI=1S/C24H28FN5O/c1-28(2)12-11-27-24(31)19-4-3-18-9-10-26-23(22(18)17-19)30-15-13-29(14-16-30)21-7-5-20(25)6-8-21/h3-10,17H,11-16H2,1-2H3,(H,27,31). The molecule has 6 nitrogen and oxygen atoms in total. The third-order valence-corrected chi connectivity index (χ3v) is 5.62. The van der Waals surface area contributed by atoms with Crippen LogP contribution < -0.4 is 15.1 Å². The number of piperazine rings is 1. The quantitative estimate of drug-likeness (QED) is 0.663. The van der Waals surface area contributed by atoms with Crippen LogP contribution in [-0.2, 0) is 0 Å². The molecule has 1 amide bonds. The molecule has 1 saturated heterocycles. The van der Waals surface area contributed by atoms with Gasteiger partial charge in [-0.05, 0) is 61.9 Å². The molecule has 0 aliphatic carbocycles. The van der Waals surface area contributed by atoms with Gasteiger partial charge < -0.3 is 20.0 Å². The number of likely N-dealkylation sites (N-methyl/N-ethyl adjacent to an activating group) is 1. The van der Waals surface area contributed by atoms with E-state index in [0.29, 0.717) is 12.1 Å². The first-order valence-electron chi connectivity index (χ1n) is 10.6. The molecule has 1 aromatic heterocycles. The summed E-state index contributed by atoms with van der Waals surface area (Å²) in [6.45, 7) is 4.67. The van der Waals surface area contributed by atoms with Crippen LogP contribution in [0.5, 0.6) is 0 Å². The number of anilines is 2. The van der Waals surface area contributed by atoms with E-state index >= 15 is 0 Å². The van der Waals surface area contributed by atoms with Gasteiger partial charge in [0.15, 0.2) is 0 Å². The Balaban J connectivity index is 1.50. The van der Waals surface area contributed by atoms with Crippen molar-refractivity contribution in [2.45, 2.75) is 0 Å². The summed E-state index contributed by atoms with van der Waals surface area (Å²) in [5, 5.41) is 5.02. The average molecular weight is 422 g/mol. The molecule has 1 aliphatic rings. The Labute approximate surface area is 182 Å². The van der Waals surface area contributed by atoms with Crippen molar-refractivity contribution < 1.29 is 9.18 Å². The minimum atomic E-state index is -0.219. The Bertz CT molecular complexity index is 1050. The summed E-state index contributed by atoms with van der Waals surface area (Å²) in [6.07, 6.45) is 1.82. The van der Waals surface area contributed by atoms with E-state index in [1.54, 1.807) is 0 Å². The van der Waals surface area contributed by atoms with Gasteiger partial charge in [0.05, 0.1) is 0 Å². The molecule has 0 bridgehead atoms. The summed E-state index contributed by atoms with van der Waals surface area (Å²) < 4.78 is 13.2. The smallest absolute Gasteiger partial charge is 0.251 e. The van der Waals surface area contributed by atoms with Gasteiger partial charge in [-0.1, -0.05) is 6.07 Å². The number of nitrogens with one attached hydrogen (secondary N) is 1. The van der Waals surface area contributed by atoms with E-state index in [4.69, 9.17) is 0 Å². The number of carbonyl (C=O) groups is 1. The maximum Gasteiger partial charge on any atom is 0.251 e. The number of pyridine rings is 1. The highest BCUT2D eigenvalue weighted by atomic mass is 19.1. The number of carbonyl (C=O) groups excluding carboxylic acids is 1. The lowest BCUT2D eigenvalue weighted by atomic mass is 10.1. The van der Waals surface area contributed by atoms with E-state index in [9.17, 15) is 9.18 Å². The highest BCUT2D eigenvalue weighted by Gasteiger charge is 2.20. The maximum absolute atomic E-state index is 13.2. The Morgan fingerprint density at radius 2 is 1.74 bits per heavy atom. The second kappa shape index (κ2) is 9.31. The molecule has 162 valence electrons. The van der Waals surface area contributed by atoms with Crippen LogP contribution in [0.4, 0.5) is 15.9 Å². The number of amides is 1. The van der Waals surface area contributed by atoms with Crippen molar-refractivity contribution in [1.29, 1.82) is 0 Å². The molecule has 3 aromatic rings. The van der Waals surface area contributed by atoms with Crippen LogP contribution in [0.15, 0.2) is 54.7 Å². The number of hydrogen-bond acceptors (Lipinski definition) is 5. The van der Waals surface area contributed by atoms with Crippen molar-refractivity contribution in [3.05, 3.63) is 66.1 Å². The number of benzene rings is 2. The minimum Gasteiger partial charge on any atom is -0.368 e. The number of nitrogens with zero attached hydrogens (tertiary/aromatic N) is 4. The van der Waals surface area contributed by atoms with Crippen LogP contribution in [0.3, 0.4) is 0 Å². The van der Waals surface area contributed by atoms with Crippen LogP contribution in [0.2, 0.25) is 0 Å². The van der Waals surface area contributed by atoms with E-state index in [0.717, 1.165) is 55.0 Å². The largest absolute Gasteiger partial charge is 0.368 e. The SMILES string of the molecule is CN(C)CCNC(=O)c1ccc2ccnc(N3CCN(c4ccc(F)cc4)CC3)c2c1. The van der Waals surface area contributed by atoms with E-state index in [2.05, 4.69) is 20.1 Å². The fourth-order valence-corrected chi connectivity index (χ4v) is 3.87. The van der Waals surface area contributed by atoms with Crippen LogP contribution in [-0.4, -0.2) is 69.2 Å². The van der Waals surface area contributed by atoms with Crippen molar-refractivity contribution in [1.82, 2.24) is 15.2 Å². The Morgan fingerprint density at radius 1 is 1.03 bits per heavy atom. The molecule has 2 heterocycles. The van der Waals surface area contributed by atoms with Crippen molar-refractivity contribution in [2.75, 3.05) is 63.2 Å². The highest BCUT2D eigenvalue weighted by Crippen LogP contribution is 2.27. The number of halogens is 1. The Kier molecular flexibility index (Phi) is 6.32. The van der Waals surface area contributed by atoms with E-state index in [1.165, 1.54) is 12.1 Å². The fraction of sp³-hybridized carbons (Fsp3) is 0.333. The zero-order valence-corrected chi connectivity index (χ0v) is 18.0. The molecule has 1 fully saturated rings. The minimum absolute atomic E-state index is 0.0697. The molecule has 31 heavy (non-hydrogen) atoms. The summed E-state index contributed by atoms with van der Waals surface area (Å²) in [5.41, 5.74) is 1.68. The maximum atomic E-state index is 13.2. The molecule has 1 N–H and O–H groups in total. The van der Waals surface area contributed by atoms with Crippen LogP contribution in [0, 0.1) is 5.82 Å². The molecule has 0 unspecified atom stereocenters. The van der Waals surface area contributed by atoms with Crippen molar-refractivity contribution in [3.63, 3.8) is 0 Å². The van der Waals surface area contributed by atoms with E-state index < -0.39 is 0 Å². The van der Waals surface area contributed by atoms with Gasteiger partial charge in [-0.25, -0.2) is 9.37 Å². The van der Waals surface area contributed by atoms with Gasteiger partial charge in [0.2, 0.25) is 0 Å². The Morgan fingerprint density at radius 3 is 2.45 bits per heavy atom. The lowest BCUT2D eigenvalue weighted by molar-refractivity contribution is 0.0951. The van der Waals surface area contributed by atoms with Crippen molar-refractivity contribution in [3.8, 4) is 0 Å². The zero-order valence-electron chi connectivity index (χ0n) is 18.0. The zero-order chi connectivity index (χ0) is 21.8. The molecule has 4 rings (SSSR count). The molecular formula is C24H28FN5O. The Hall–Kier alpha value is -3.19. The molecule has 2 aromatic carbocycles. The summed E-state index contributed by atoms with van der Waals surface area (Å²) in [6, 6.07) is 14.4. The molecule has 0 atom stereocenters. The third kappa shape index (κ3) is 4.94. The topological polar surface area (TPSA) is 51.7 Å². The first-order chi connectivity index (χ1) is 15.0. The second-order valence-electron chi connectivity index (χ2n) is 8.08. The lowest BCUT2D eigenvalue weighted by Gasteiger charge is -2.37. The highest BCUT2D eigenvalue weighted by molar-refractivity contribution is 6.01. The summed E-state index contributed by atoms with van der Waals surface area (Å²) >= 11 is 0. The van der Waals surface area contributed by atoms with E-state index in [1.807, 2.05) is 61.6 Å². The summed E-state index contributed by atoms with van der Waals surface area (Å²) in [7, 11) is 3.96. The molecule has 1 aliphatic heterocycles. The average Bonchev–Trinajstić information content (AvgIpc) is 2.78. The fourth-order valence-electron chi connectivity index (χ4n) is 3.87. The van der Waals surface area contributed by atoms with Crippen LogP contribution in [0.25, 0.3) is 10.8 Å². The monoisotopic (exact) mass is 421 g/mol. The van der Waals surface area contributed by atoms with Gasteiger partial charge in [-0.2, -0.15) is 0 Å². The van der Waals surface area contributed by atoms with Crippen molar-refractivity contribution in [2.24, 2.45) is 0 Å². The van der Waals surface area contributed by atoms with Gasteiger partial charge in [0.1, 0.15) is 11.6 Å². The van der Waals surface area contributed by atoms with Crippen LogP contribution in [0.1, 0.15) is 10.4 Å². The number of aromatic nitrogens is 1. The lowest BCUT2D eigenvalue weighted by Crippen LogP contribution is -2.46. The van der Waals surface area contributed by atoms with Gasteiger partial charge in [-0.15, -0.1) is 0 Å².